The number of para-hydroxylation sites is 2. The molecule has 14 rings (SSSR count). The maximum atomic E-state index is 6.74. The first kappa shape index (κ1) is 41.0. The summed E-state index contributed by atoms with van der Waals surface area (Å²) in [6.07, 6.45) is 0. The van der Waals surface area contributed by atoms with E-state index in [1.807, 2.05) is 6.07 Å². The van der Waals surface area contributed by atoms with E-state index < -0.39 is 5.41 Å². The van der Waals surface area contributed by atoms with E-state index in [1.165, 1.54) is 77.9 Å². The number of furan rings is 1. The van der Waals surface area contributed by atoms with Crippen LogP contribution in [0.5, 0.6) is 0 Å². The SMILES string of the molecule is CC1(c2ccccc2)c2ccccc2-c2ccc(-c3ccc(N(c4ccc(-c5ccc6c(c5)C(c5ccccc5)(c5ccccc5)c5ccccc5-6)cc4)c4cccc5c4oc4ccccc45)cc3)cc21. The average molecular weight is 906 g/mol. The highest BCUT2D eigenvalue weighted by Gasteiger charge is 2.46. The van der Waals surface area contributed by atoms with Crippen LogP contribution < -0.4 is 4.90 Å². The second kappa shape index (κ2) is 16.1. The van der Waals surface area contributed by atoms with Gasteiger partial charge < -0.3 is 9.32 Å². The lowest BCUT2D eigenvalue weighted by Crippen LogP contribution is -2.28. The van der Waals surface area contributed by atoms with Crippen molar-refractivity contribution in [2.75, 3.05) is 4.90 Å². The van der Waals surface area contributed by atoms with Gasteiger partial charge in [-0.1, -0.05) is 218 Å². The Hall–Kier alpha value is -8.98. The zero-order chi connectivity index (χ0) is 47.1. The first-order valence-corrected chi connectivity index (χ1v) is 24.7. The third kappa shape index (κ3) is 6.14. The topological polar surface area (TPSA) is 16.4 Å². The molecule has 2 aliphatic rings. The van der Waals surface area contributed by atoms with Crippen molar-refractivity contribution in [2.45, 2.75) is 17.8 Å². The lowest BCUT2D eigenvalue weighted by atomic mass is 9.67. The van der Waals surface area contributed by atoms with Crippen LogP contribution in [0, 0.1) is 0 Å². The molecule has 0 bridgehead atoms. The number of fused-ring (bicyclic) bond motifs is 9. The molecule has 11 aromatic carbocycles. The largest absolute Gasteiger partial charge is 0.454 e. The number of hydrogen-bond donors (Lipinski definition) is 0. The summed E-state index contributed by atoms with van der Waals surface area (Å²) in [5.41, 5.74) is 23.1. The number of rotatable bonds is 8. The molecule has 2 aliphatic carbocycles. The van der Waals surface area contributed by atoms with Gasteiger partial charge >= 0.3 is 0 Å². The summed E-state index contributed by atoms with van der Waals surface area (Å²) >= 11 is 0. The maximum absolute atomic E-state index is 6.74. The number of benzene rings is 11. The number of hydrogen-bond acceptors (Lipinski definition) is 2. The van der Waals surface area contributed by atoms with E-state index in [-0.39, 0.29) is 5.41 Å². The lowest BCUT2D eigenvalue weighted by molar-refractivity contribution is 0.669. The normalized spacial score (nSPS) is 15.0. The van der Waals surface area contributed by atoms with Crippen LogP contribution in [0.1, 0.15) is 45.9 Å². The Morgan fingerprint density at radius 1 is 0.324 bits per heavy atom. The van der Waals surface area contributed by atoms with Crippen molar-refractivity contribution in [3.63, 3.8) is 0 Å². The van der Waals surface area contributed by atoms with Crippen molar-refractivity contribution in [1.82, 2.24) is 0 Å². The zero-order valence-corrected chi connectivity index (χ0v) is 39.3. The molecule has 1 heterocycles. The van der Waals surface area contributed by atoms with E-state index >= 15 is 0 Å². The van der Waals surface area contributed by atoms with Gasteiger partial charge in [0.2, 0.25) is 0 Å². The Morgan fingerprint density at radius 2 is 0.775 bits per heavy atom. The summed E-state index contributed by atoms with van der Waals surface area (Å²) in [6, 6.07) is 97.9. The summed E-state index contributed by atoms with van der Waals surface area (Å²) in [6.45, 7) is 2.38. The Kier molecular flexibility index (Phi) is 9.28. The molecule has 1 atom stereocenters. The zero-order valence-electron chi connectivity index (χ0n) is 39.3. The monoisotopic (exact) mass is 905 g/mol. The van der Waals surface area contributed by atoms with Crippen LogP contribution in [-0.2, 0) is 10.8 Å². The first-order chi connectivity index (χ1) is 35.1. The Morgan fingerprint density at radius 3 is 1.39 bits per heavy atom. The summed E-state index contributed by atoms with van der Waals surface area (Å²) in [7, 11) is 0. The van der Waals surface area contributed by atoms with Gasteiger partial charge in [-0.25, -0.2) is 0 Å². The fourth-order valence-electron chi connectivity index (χ4n) is 12.3. The third-order valence-electron chi connectivity index (χ3n) is 15.7. The van der Waals surface area contributed by atoms with Gasteiger partial charge in [0.05, 0.1) is 11.1 Å². The van der Waals surface area contributed by atoms with Crippen molar-refractivity contribution >= 4 is 39.0 Å². The molecule has 1 aromatic heterocycles. The number of nitrogens with zero attached hydrogens (tertiary/aromatic N) is 1. The van der Waals surface area contributed by atoms with Gasteiger partial charge in [0.15, 0.2) is 5.58 Å². The molecular formula is C69H47NO. The molecule has 2 nitrogen and oxygen atoms in total. The van der Waals surface area contributed by atoms with Gasteiger partial charge in [0.25, 0.3) is 0 Å². The molecule has 334 valence electrons. The van der Waals surface area contributed by atoms with Gasteiger partial charge in [0, 0.05) is 27.6 Å². The molecule has 0 fully saturated rings. The fraction of sp³-hybridized carbons (Fsp3) is 0.0435. The fourth-order valence-corrected chi connectivity index (χ4v) is 12.3. The molecule has 2 heteroatoms. The molecule has 1 unspecified atom stereocenters. The Labute approximate surface area is 414 Å². The number of anilines is 3. The van der Waals surface area contributed by atoms with E-state index in [0.717, 1.165) is 44.6 Å². The minimum Gasteiger partial charge on any atom is -0.454 e. The van der Waals surface area contributed by atoms with Crippen LogP contribution in [0.3, 0.4) is 0 Å². The smallest absolute Gasteiger partial charge is 0.159 e. The molecule has 12 aromatic rings. The molecular weight excluding hydrogens is 859 g/mol. The second-order valence-electron chi connectivity index (χ2n) is 19.3. The molecule has 0 amide bonds. The molecule has 0 N–H and O–H groups in total. The molecule has 0 aliphatic heterocycles. The predicted octanol–water partition coefficient (Wildman–Crippen LogP) is 18.1. The molecule has 0 saturated heterocycles. The highest BCUT2D eigenvalue weighted by molar-refractivity contribution is 6.10. The van der Waals surface area contributed by atoms with E-state index in [9.17, 15) is 0 Å². The van der Waals surface area contributed by atoms with Gasteiger partial charge in [-0.3, -0.25) is 0 Å². The lowest BCUT2D eigenvalue weighted by Gasteiger charge is -2.34. The highest BCUT2D eigenvalue weighted by atomic mass is 16.3. The predicted molar refractivity (Wildman–Crippen MR) is 294 cm³/mol. The minimum absolute atomic E-state index is 0.269. The summed E-state index contributed by atoms with van der Waals surface area (Å²) < 4.78 is 6.74. The summed E-state index contributed by atoms with van der Waals surface area (Å²) in [5.74, 6) is 0. The van der Waals surface area contributed by atoms with E-state index in [1.54, 1.807) is 0 Å². The highest BCUT2D eigenvalue weighted by Crippen LogP contribution is 2.57. The van der Waals surface area contributed by atoms with Gasteiger partial charge in [0.1, 0.15) is 5.58 Å². The quantitative estimate of drug-likeness (QED) is 0.151. The Balaban J connectivity index is 0.880. The molecule has 71 heavy (non-hydrogen) atoms. The standard InChI is InChI=1S/C69H47NO/c1-68(50-18-5-2-6-19-50)61-28-14-11-24-55(61)57-42-36-48(44-63(57)68)46-32-38-53(39-33-46)70(65-30-17-27-60-59-26-13-16-31-66(59)71-67(60)65)54-40-34-47(35-41-54)49-37-43-58-56-25-12-15-29-62(56)69(64(58)45-49,51-20-7-3-8-21-51)52-22-9-4-10-23-52/h2-45H,1H3. The third-order valence-corrected chi connectivity index (χ3v) is 15.7. The van der Waals surface area contributed by atoms with Crippen LogP contribution >= 0.6 is 0 Å². The van der Waals surface area contributed by atoms with E-state index in [0.29, 0.717) is 0 Å². The molecule has 0 spiro atoms. The van der Waals surface area contributed by atoms with Gasteiger partial charge in [-0.2, -0.15) is 0 Å². The summed E-state index contributed by atoms with van der Waals surface area (Å²) in [4.78, 5) is 2.35. The van der Waals surface area contributed by atoms with Crippen molar-refractivity contribution in [3.05, 3.63) is 306 Å². The van der Waals surface area contributed by atoms with Gasteiger partial charge in [-0.15, -0.1) is 0 Å². The van der Waals surface area contributed by atoms with Crippen LogP contribution in [-0.4, -0.2) is 0 Å². The maximum Gasteiger partial charge on any atom is 0.159 e. The minimum atomic E-state index is -0.467. The first-order valence-electron chi connectivity index (χ1n) is 24.7. The van der Waals surface area contributed by atoms with Crippen LogP contribution in [0.25, 0.3) is 66.4 Å². The molecule has 0 saturated carbocycles. The van der Waals surface area contributed by atoms with Gasteiger partial charge in [-0.05, 0) is 139 Å². The van der Waals surface area contributed by atoms with Crippen LogP contribution in [0.15, 0.2) is 271 Å². The van der Waals surface area contributed by atoms with E-state index in [4.69, 9.17) is 4.42 Å². The summed E-state index contributed by atoms with van der Waals surface area (Å²) in [5, 5.41) is 2.20. The van der Waals surface area contributed by atoms with E-state index in [2.05, 4.69) is 273 Å². The Bertz CT molecular complexity index is 3940. The van der Waals surface area contributed by atoms with Crippen molar-refractivity contribution in [1.29, 1.82) is 0 Å². The molecule has 0 radical (unpaired) electrons. The van der Waals surface area contributed by atoms with Crippen LogP contribution in [0.2, 0.25) is 0 Å². The van der Waals surface area contributed by atoms with Crippen molar-refractivity contribution in [2.24, 2.45) is 0 Å². The second-order valence-corrected chi connectivity index (χ2v) is 19.3. The van der Waals surface area contributed by atoms with Crippen molar-refractivity contribution in [3.8, 4) is 44.5 Å². The average Bonchev–Trinajstić information content (AvgIpc) is 4.07. The van der Waals surface area contributed by atoms with Crippen molar-refractivity contribution < 1.29 is 4.42 Å². The van der Waals surface area contributed by atoms with Crippen LogP contribution in [0.4, 0.5) is 17.1 Å².